The summed E-state index contributed by atoms with van der Waals surface area (Å²) >= 11 is 0. The Kier molecular flexibility index (Phi) is 3.57. The number of nitrogens with one attached hydrogen (secondary N) is 2. The first kappa shape index (κ1) is 12.1. The number of hydrogen-bond donors (Lipinski definition) is 2. The number of anilines is 1. The molecule has 0 saturated carbocycles. The molecule has 6 heteroatoms. The van der Waals surface area contributed by atoms with Crippen molar-refractivity contribution in [3.05, 3.63) is 54.0 Å². The van der Waals surface area contributed by atoms with E-state index in [1.807, 2.05) is 0 Å². The van der Waals surface area contributed by atoms with Crippen LogP contribution < -0.4 is 10.6 Å². The second kappa shape index (κ2) is 5.31. The number of hydrogen-bond acceptors (Lipinski definition) is 2. The fourth-order valence-corrected chi connectivity index (χ4v) is 1.35. The second-order valence-corrected chi connectivity index (χ2v) is 3.54. The van der Waals surface area contributed by atoms with Crippen molar-refractivity contribution >= 4 is 11.7 Å². The van der Waals surface area contributed by atoms with Crippen molar-refractivity contribution in [2.75, 3.05) is 5.32 Å². The Hall–Kier alpha value is -2.37. The maximum atomic E-state index is 13.2. The molecule has 2 amide bonds. The van der Waals surface area contributed by atoms with Gasteiger partial charge in [0.15, 0.2) is 0 Å². The zero-order chi connectivity index (χ0) is 13.0. The number of benzene rings is 1. The highest BCUT2D eigenvalue weighted by atomic mass is 19.1. The molecule has 2 N–H and O–H groups in total. The fourth-order valence-electron chi connectivity index (χ4n) is 1.35. The summed E-state index contributed by atoms with van der Waals surface area (Å²) in [5, 5.41) is 4.55. The van der Waals surface area contributed by atoms with Crippen molar-refractivity contribution in [2.45, 2.75) is 6.54 Å². The molecule has 0 fully saturated rings. The highest BCUT2D eigenvalue weighted by molar-refractivity contribution is 5.89. The molecule has 18 heavy (non-hydrogen) atoms. The Morgan fingerprint density at radius 3 is 2.56 bits per heavy atom. The van der Waals surface area contributed by atoms with E-state index in [0.29, 0.717) is 0 Å². The first-order valence-corrected chi connectivity index (χ1v) is 5.17. The Morgan fingerprint density at radius 1 is 1.22 bits per heavy atom. The van der Waals surface area contributed by atoms with E-state index < -0.39 is 23.4 Å². The SMILES string of the molecule is O=C(NCc1ccoc1)Nc1c(F)cccc1F. The van der Waals surface area contributed by atoms with Gasteiger partial charge in [0, 0.05) is 12.1 Å². The maximum Gasteiger partial charge on any atom is 0.319 e. The van der Waals surface area contributed by atoms with Crippen LogP contribution in [0.3, 0.4) is 0 Å². The maximum absolute atomic E-state index is 13.2. The molecule has 1 heterocycles. The second-order valence-electron chi connectivity index (χ2n) is 3.54. The first-order valence-electron chi connectivity index (χ1n) is 5.17. The van der Waals surface area contributed by atoms with E-state index in [1.54, 1.807) is 6.07 Å². The van der Waals surface area contributed by atoms with Crippen LogP contribution in [0.1, 0.15) is 5.56 Å². The normalized spacial score (nSPS) is 10.1. The van der Waals surface area contributed by atoms with Crippen LogP contribution in [0.4, 0.5) is 19.3 Å². The lowest BCUT2D eigenvalue weighted by Gasteiger charge is -2.08. The number of carbonyl (C=O) groups excluding carboxylic acids is 1. The van der Waals surface area contributed by atoms with Gasteiger partial charge in [0.2, 0.25) is 0 Å². The topological polar surface area (TPSA) is 54.3 Å². The summed E-state index contributed by atoms with van der Waals surface area (Å²) in [5.74, 6) is -1.65. The summed E-state index contributed by atoms with van der Waals surface area (Å²) in [7, 11) is 0. The van der Waals surface area contributed by atoms with Gasteiger partial charge in [-0.25, -0.2) is 13.6 Å². The van der Waals surface area contributed by atoms with E-state index >= 15 is 0 Å². The smallest absolute Gasteiger partial charge is 0.319 e. The Balaban J connectivity index is 1.95. The number of para-hydroxylation sites is 1. The molecule has 0 spiro atoms. The largest absolute Gasteiger partial charge is 0.472 e. The van der Waals surface area contributed by atoms with Gasteiger partial charge in [0.05, 0.1) is 12.5 Å². The number of halogens is 2. The zero-order valence-electron chi connectivity index (χ0n) is 9.24. The van der Waals surface area contributed by atoms with Crippen LogP contribution in [0.15, 0.2) is 41.2 Å². The fraction of sp³-hybridized carbons (Fsp3) is 0.0833. The lowest BCUT2D eigenvalue weighted by atomic mass is 10.3. The van der Waals surface area contributed by atoms with Gasteiger partial charge in [-0.1, -0.05) is 6.07 Å². The van der Waals surface area contributed by atoms with Crippen LogP contribution in [0, 0.1) is 11.6 Å². The molecule has 1 aromatic heterocycles. The molecule has 1 aromatic carbocycles. The Morgan fingerprint density at radius 2 is 1.94 bits per heavy atom. The number of urea groups is 1. The van der Waals surface area contributed by atoms with Gasteiger partial charge in [-0.3, -0.25) is 0 Å². The van der Waals surface area contributed by atoms with Crippen molar-refractivity contribution in [3.63, 3.8) is 0 Å². The number of furan rings is 1. The molecule has 94 valence electrons. The molecule has 0 saturated heterocycles. The first-order chi connectivity index (χ1) is 8.66. The van der Waals surface area contributed by atoms with Crippen molar-refractivity contribution in [3.8, 4) is 0 Å². The highest BCUT2D eigenvalue weighted by Crippen LogP contribution is 2.17. The van der Waals surface area contributed by atoms with Gasteiger partial charge in [-0.05, 0) is 18.2 Å². The van der Waals surface area contributed by atoms with Crippen LogP contribution in [0.2, 0.25) is 0 Å². The average Bonchev–Trinajstić information content (AvgIpc) is 2.84. The third-order valence-corrected chi connectivity index (χ3v) is 2.23. The van der Waals surface area contributed by atoms with Gasteiger partial charge in [-0.15, -0.1) is 0 Å². The molecule has 0 aliphatic rings. The van der Waals surface area contributed by atoms with Crippen molar-refractivity contribution in [2.24, 2.45) is 0 Å². The van der Waals surface area contributed by atoms with Crippen LogP contribution in [0.5, 0.6) is 0 Å². The standard InChI is InChI=1S/C12H10F2N2O2/c13-9-2-1-3-10(14)11(9)16-12(17)15-6-8-4-5-18-7-8/h1-5,7H,6H2,(H2,15,16,17). The monoisotopic (exact) mass is 252 g/mol. The van der Waals surface area contributed by atoms with E-state index in [2.05, 4.69) is 10.6 Å². The zero-order valence-corrected chi connectivity index (χ0v) is 9.24. The molecule has 0 atom stereocenters. The molecule has 2 aromatic rings. The summed E-state index contributed by atoms with van der Waals surface area (Å²) < 4.78 is 31.3. The quantitative estimate of drug-likeness (QED) is 0.882. The molecule has 0 aliphatic heterocycles. The molecule has 2 rings (SSSR count). The number of carbonyl (C=O) groups is 1. The summed E-state index contributed by atoms with van der Waals surface area (Å²) in [5.41, 5.74) is 0.279. The van der Waals surface area contributed by atoms with Crippen LogP contribution >= 0.6 is 0 Å². The predicted molar refractivity (Wildman–Crippen MR) is 60.9 cm³/mol. The number of amides is 2. The van der Waals surface area contributed by atoms with Gasteiger partial charge in [0.25, 0.3) is 0 Å². The molecule has 0 aliphatic carbocycles. The molecule has 0 unspecified atom stereocenters. The van der Waals surface area contributed by atoms with E-state index in [1.165, 1.54) is 18.6 Å². The minimum atomic E-state index is -0.825. The lowest BCUT2D eigenvalue weighted by Crippen LogP contribution is -2.28. The Bertz CT molecular complexity index is 521. The van der Waals surface area contributed by atoms with Gasteiger partial charge in [-0.2, -0.15) is 0 Å². The van der Waals surface area contributed by atoms with Crippen molar-refractivity contribution < 1.29 is 18.0 Å². The van der Waals surface area contributed by atoms with Gasteiger partial charge in [0.1, 0.15) is 17.3 Å². The van der Waals surface area contributed by atoms with Crippen molar-refractivity contribution in [1.82, 2.24) is 5.32 Å². The minimum Gasteiger partial charge on any atom is -0.472 e. The molecule has 0 bridgehead atoms. The van der Waals surface area contributed by atoms with Crippen molar-refractivity contribution in [1.29, 1.82) is 0 Å². The predicted octanol–water partition coefficient (Wildman–Crippen LogP) is 2.88. The van der Waals surface area contributed by atoms with E-state index in [0.717, 1.165) is 17.7 Å². The summed E-state index contributed by atoms with van der Waals surface area (Å²) in [6.07, 6.45) is 2.93. The highest BCUT2D eigenvalue weighted by Gasteiger charge is 2.11. The molecular formula is C12H10F2N2O2. The van der Waals surface area contributed by atoms with Crippen LogP contribution in [0.25, 0.3) is 0 Å². The van der Waals surface area contributed by atoms with E-state index in [9.17, 15) is 13.6 Å². The third-order valence-electron chi connectivity index (χ3n) is 2.23. The summed E-state index contributed by atoms with van der Waals surface area (Å²) in [6.45, 7) is 0.207. The summed E-state index contributed by atoms with van der Waals surface area (Å²) in [4.78, 5) is 11.4. The van der Waals surface area contributed by atoms with E-state index in [-0.39, 0.29) is 6.54 Å². The number of rotatable bonds is 3. The van der Waals surface area contributed by atoms with E-state index in [4.69, 9.17) is 4.42 Å². The van der Waals surface area contributed by atoms with Crippen LogP contribution in [-0.2, 0) is 6.54 Å². The average molecular weight is 252 g/mol. The molecule has 4 nitrogen and oxygen atoms in total. The van der Waals surface area contributed by atoms with Gasteiger partial charge < -0.3 is 15.1 Å². The minimum absolute atomic E-state index is 0.207. The molecule has 0 radical (unpaired) electrons. The summed E-state index contributed by atoms with van der Waals surface area (Å²) in [6, 6.07) is 4.33. The van der Waals surface area contributed by atoms with Crippen LogP contribution in [-0.4, -0.2) is 6.03 Å². The lowest BCUT2D eigenvalue weighted by molar-refractivity contribution is 0.251. The Labute approximate surface area is 102 Å². The van der Waals surface area contributed by atoms with Gasteiger partial charge >= 0.3 is 6.03 Å². The third kappa shape index (κ3) is 2.85. The molecular weight excluding hydrogens is 242 g/mol.